The lowest BCUT2D eigenvalue weighted by Gasteiger charge is -2.31. The SMILES string of the molecule is Nc1ncc(SN2CCC(c3ccccc3)CC2)cc1Br. The predicted molar refractivity (Wildman–Crippen MR) is 92.2 cm³/mol. The van der Waals surface area contributed by atoms with Gasteiger partial charge in [-0.1, -0.05) is 30.3 Å². The van der Waals surface area contributed by atoms with E-state index in [1.165, 1.54) is 18.4 Å². The smallest absolute Gasteiger partial charge is 0.137 e. The lowest BCUT2D eigenvalue weighted by Crippen LogP contribution is -2.27. The number of halogens is 1. The van der Waals surface area contributed by atoms with Gasteiger partial charge in [0.25, 0.3) is 0 Å². The van der Waals surface area contributed by atoms with Crippen molar-refractivity contribution in [2.24, 2.45) is 0 Å². The molecule has 1 aromatic heterocycles. The van der Waals surface area contributed by atoms with Crippen LogP contribution in [0.3, 0.4) is 0 Å². The van der Waals surface area contributed by atoms with Gasteiger partial charge in [-0.05, 0) is 58.3 Å². The van der Waals surface area contributed by atoms with Crippen LogP contribution in [0, 0.1) is 0 Å². The molecule has 0 amide bonds. The zero-order valence-corrected chi connectivity index (χ0v) is 14.1. The average Bonchev–Trinajstić information content (AvgIpc) is 2.53. The minimum Gasteiger partial charge on any atom is -0.383 e. The average molecular weight is 364 g/mol. The molecule has 1 aliphatic rings. The van der Waals surface area contributed by atoms with E-state index >= 15 is 0 Å². The van der Waals surface area contributed by atoms with Gasteiger partial charge in [-0.2, -0.15) is 0 Å². The van der Waals surface area contributed by atoms with Crippen molar-refractivity contribution < 1.29 is 0 Å². The number of pyridine rings is 1. The minimum absolute atomic E-state index is 0.544. The molecule has 0 aliphatic carbocycles. The topological polar surface area (TPSA) is 42.1 Å². The molecule has 1 aromatic carbocycles. The minimum atomic E-state index is 0.544. The Labute approximate surface area is 138 Å². The Morgan fingerprint density at radius 3 is 2.57 bits per heavy atom. The van der Waals surface area contributed by atoms with E-state index in [-0.39, 0.29) is 0 Å². The van der Waals surface area contributed by atoms with Gasteiger partial charge in [0, 0.05) is 24.2 Å². The van der Waals surface area contributed by atoms with Crippen molar-refractivity contribution in [1.82, 2.24) is 9.29 Å². The normalized spacial score (nSPS) is 17.0. The molecule has 2 N–H and O–H groups in total. The van der Waals surface area contributed by atoms with Crippen molar-refractivity contribution in [2.45, 2.75) is 23.7 Å². The number of hydrogen-bond acceptors (Lipinski definition) is 4. The Hall–Kier alpha value is -1.04. The maximum Gasteiger partial charge on any atom is 0.137 e. The van der Waals surface area contributed by atoms with E-state index in [9.17, 15) is 0 Å². The van der Waals surface area contributed by atoms with Crippen LogP contribution in [-0.2, 0) is 0 Å². The second-order valence-electron chi connectivity index (χ2n) is 5.24. The molecule has 21 heavy (non-hydrogen) atoms. The number of nitrogen functional groups attached to an aromatic ring is 1. The van der Waals surface area contributed by atoms with Crippen LogP contribution in [0.4, 0.5) is 5.82 Å². The van der Waals surface area contributed by atoms with Gasteiger partial charge in [0.1, 0.15) is 5.82 Å². The van der Waals surface area contributed by atoms with Crippen LogP contribution in [0.25, 0.3) is 0 Å². The highest BCUT2D eigenvalue weighted by atomic mass is 79.9. The third-order valence-corrected chi connectivity index (χ3v) is 5.50. The first kappa shape index (κ1) is 14.9. The summed E-state index contributed by atoms with van der Waals surface area (Å²) < 4.78 is 3.28. The number of hydrogen-bond donors (Lipinski definition) is 1. The second kappa shape index (κ2) is 6.81. The van der Waals surface area contributed by atoms with Crippen LogP contribution in [0.15, 0.2) is 52.0 Å². The third kappa shape index (κ3) is 3.78. The summed E-state index contributed by atoms with van der Waals surface area (Å²) in [5, 5.41) is 0. The molecule has 3 rings (SSSR count). The molecule has 0 unspecified atom stereocenters. The maximum absolute atomic E-state index is 5.72. The number of nitrogens with two attached hydrogens (primary N) is 1. The first-order valence-electron chi connectivity index (χ1n) is 7.11. The Balaban J connectivity index is 1.57. The molecular formula is C16H18BrN3S. The van der Waals surface area contributed by atoms with Crippen LogP contribution in [-0.4, -0.2) is 22.4 Å². The van der Waals surface area contributed by atoms with Gasteiger partial charge in [0.2, 0.25) is 0 Å². The van der Waals surface area contributed by atoms with E-state index in [1.54, 1.807) is 11.9 Å². The Kier molecular flexibility index (Phi) is 4.83. The zero-order valence-electron chi connectivity index (χ0n) is 11.7. The highest BCUT2D eigenvalue weighted by molar-refractivity contribution is 9.10. The fraction of sp³-hybridized carbons (Fsp3) is 0.312. The maximum atomic E-state index is 5.72. The summed E-state index contributed by atoms with van der Waals surface area (Å²) in [7, 11) is 0. The van der Waals surface area contributed by atoms with Crippen molar-refractivity contribution in [3.8, 4) is 0 Å². The molecule has 0 radical (unpaired) electrons. The summed E-state index contributed by atoms with van der Waals surface area (Å²) in [5.74, 6) is 1.24. The first-order valence-corrected chi connectivity index (χ1v) is 8.68. The molecule has 3 nitrogen and oxygen atoms in total. The highest BCUT2D eigenvalue weighted by Gasteiger charge is 2.21. The molecule has 2 aromatic rings. The molecule has 0 bridgehead atoms. The largest absolute Gasteiger partial charge is 0.383 e. The van der Waals surface area contributed by atoms with E-state index in [1.807, 2.05) is 12.3 Å². The van der Waals surface area contributed by atoms with Crippen LogP contribution >= 0.6 is 27.9 Å². The van der Waals surface area contributed by atoms with E-state index in [0.29, 0.717) is 11.7 Å². The molecule has 0 atom stereocenters. The van der Waals surface area contributed by atoms with Crippen molar-refractivity contribution in [1.29, 1.82) is 0 Å². The Morgan fingerprint density at radius 1 is 1.19 bits per heavy atom. The van der Waals surface area contributed by atoms with Crippen LogP contribution < -0.4 is 5.73 Å². The van der Waals surface area contributed by atoms with Gasteiger partial charge in [-0.15, -0.1) is 0 Å². The fourth-order valence-corrected chi connectivity index (χ4v) is 4.10. The lowest BCUT2D eigenvalue weighted by atomic mass is 9.90. The van der Waals surface area contributed by atoms with Gasteiger partial charge < -0.3 is 5.73 Å². The molecular weight excluding hydrogens is 346 g/mol. The number of rotatable bonds is 3. The van der Waals surface area contributed by atoms with Crippen molar-refractivity contribution >= 4 is 33.7 Å². The van der Waals surface area contributed by atoms with Gasteiger partial charge in [-0.25, -0.2) is 9.29 Å². The Morgan fingerprint density at radius 2 is 1.90 bits per heavy atom. The third-order valence-electron chi connectivity index (χ3n) is 3.80. The van der Waals surface area contributed by atoms with Crippen LogP contribution in [0.1, 0.15) is 24.3 Å². The molecule has 5 heteroatoms. The van der Waals surface area contributed by atoms with E-state index < -0.39 is 0 Å². The predicted octanol–water partition coefficient (Wildman–Crippen LogP) is 4.31. The summed E-state index contributed by atoms with van der Waals surface area (Å²) in [6.07, 6.45) is 4.26. The van der Waals surface area contributed by atoms with E-state index in [4.69, 9.17) is 5.73 Å². The molecule has 1 aliphatic heterocycles. The van der Waals surface area contributed by atoms with Crippen LogP contribution in [0.5, 0.6) is 0 Å². The van der Waals surface area contributed by atoms with Crippen LogP contribution in [0.2, 0.25) is 0 Å². The summed E-state index contributed by atoms with van der Waals surface area (Å²) in [6, 6.07) is 12.9. The highest BCUT2D eigenvalue weighted by Crippen LogP contribution is 2.34. The lowest BCUT2D eigenvalue weighted by molar-refractivity contribution is 0.346. The molecule has 1 saturated heterocycles. The van der Waals surface area contributed by atoms with Gasteiger partial charge in [0.15, 0.2) is 0 Å². The zero-order chi connectivity index (χ0) is 14.7. The van der Waals surface area contributed by atoms with Gasteiger partial charge in [0.05, 0.1) is 4.47 Å². The molecule has 0 saturated carbocycles. The van der Waals surface area contributed by atoms with Crippen molar-refractivity contribution in [3.63, 3.8) is 0 Å². The number of anilines is 1. The fourth-order valence-electron chi connectivity index (χ4n) is 2.64. The molecule has 110 valence electrons. The molecule has 2 heterocycles. The number of benzene rings is 1. The first-order chi connectivity index (χ1) is 10.2. The van der Waals surface area contributed by atoms with E-state index in [0.717, 1.165) is 22.5 Å². The van der Waals surface area contributed by atoms with Crippen molar-refractivity contribution in [2.75, 3.05) is 18.8 Å². The van der Waals surface area contributed by atoms with Gasteiger partial charge in [-0.3, -0.25) is 0 Å². The molecule has 1 fully saturated rings. The summed E-state index contributed by atoms with van der Waals surface area (Å²) in [6.45, 7) is 2.21. The van der Waals surface area contributed by atoms with Gasteiger partial charge >= 0.3 is 0 Å². The molecule has 0 spiro atoms. The number of piperidine rings is 1. The number of nitrogens with zero attached hydrogens (tertiary/aromatic N) is 2. The standard InChI is InChI=1S/C16H18BrN3S/c17-15-10-14(11-19-16(15)18)21-20-8-6-13(7-9-20)12-4-2-1-3-5-12/h1-5,10-11,13H,6-9H2,(H2,18,19). The van der Waals surface area contributed by atoms with Crippen molar-refractivity contribution in [3.05, 3.63) is 52.6 Å². The summed E-state index contributed by atoms with van der Waals surface area (Å²) in [5.41, 5.74) is 7.19. The monoisotopic (exact) mass is 363 g/mol. The quantitative estimate of drug-likeness (QED) is 0.824. The Bertz CT molecular complexity index is 598. The number of aromatic nitrogens is 1. The summed E-state index contributed by atoms with van der Waals surface area (Å²) in [4.78, 5) is 5.32. The second-order valence-corrected chi connectivity index (χ2v) is 7.27. The van der Waals surface area contributed by atoms with E-state index in [2.05, 4.69) is 55.6 Å². The summed E-state index contributed by atoms with van der Waals surface area (Å²) >= 11 is 5.20.